The van der Waals surface area contributed by atoms with E-state index in [0.29, 0.717) is 21.3 Å². The van der Waals surface area contributed by atoms with E-state index in [2.05, 4.69) is 21.2 Å². The average Bonchev–Trinajstić information content (AvgIpc) is 2.38. The lowest BCUT2D eigenvalue weighted by atomic mass is 10.1. The van der Waals surface area contributed by atoms with Crippen molar-refractivity contribution in [1.82, 2.24) is 0 Å². The summed E-state index contributed by atoms with van der Waals surface area (Å²) >= 11 is 15.4. The molecule has 6 heteroatoms. The van der Waals surface area contributed by atoms with Crippen molar-refractivity contribution in [3.63, 3.8) is 0 Å². The highest BCUT2D eigenvalue weighted by atomic mass is 79.9. The van der Waals surface area contributed by atoms with Gasteiger partial charge in [-0.2, -0.15) is 0 Å². The van der Waals surface area contributed by atoms with E-state index >= 15 is 0 Å². The second-order valence-electron chi connectivity index (χ2n) is 4.19. The van der Waals surface area contributed by atoms with E-state index in [1.165, 1.54) is 24.3 Å². The van der Waals surface area contributed by atoms with Crippen LogP contribution in [0.25, 0.3) is 0 Å². The molecule has 2 rings (SSSR count). The van der Waals surface area contributed by atoms with Crippen LogP contribution in [0, 0.1) is 5.82 Å². The zero-order chi connectivity index (χ0) is 14.7. The Kier molecular flexibility index (Phi) is 5.27. The van der Waals surface area contributed by atoms with Gasteiger partial charge in [-0.05, 0) is 29.8 Å². The summed E-state index contributed by atoms with van der Waals surface area (Å²) in [6.07, 6.45) is -0.786. The molecule has 106 valence electrons. The minimum absolute atomic E-state index is 0.215. The Morgan fingerprint density at radius 2 is 1.70 bits per heavy atom. The van der Waals surface area contributed by atoms with Gasteiger partial charge in [-0.1, -0.05) is 51.3 Å². The summed E-state index contributed by atoms with van der Waals surface area (Å²) in [5, 5.41) is 13.9. The third-order valence-corrected chi connectivity index (χ3v) is 3.79. The Labute approximate surface area is 134 Å². The van der Waals surface area contributed by atoms with Crippen molar-refractivity contribution in [2.24, 2.45) is 0 Å². The van der Waals surface area contributed by atoms with Crippen LogP contribution in [0.3, 0.4) is 0 Å². The maximum Gasteiger partial charge on any atom is 0.123 e. The molecule has 1 unspecified atom stereocenters. The number of aliphatic hydroxyl groups is 1. The Hall–Kier alpha value is -0.810. The Morgan fingerprint density at radius 1 is 1.15 bits per heavy atom. The number of hydrogen-bond donors (Lipinski definition) is 2. The highest BCUT2D eigenvalue weighted by molar-refractivity contribution is 9.10. The van der Waals surface area contributed by atoms with Crippen molar-refractivity contribution >= 4 is 44.8 Å². The number of nitrogens with one attached hydrogen (secondary N) is 1. The zero-order valence-corrected chi connectivity index (χ0v) is 13.3. The SMILES string of the molecule is OC(CNc1c(Cl)cc(Br)cc1Cl)c1ccc(F)cc1. The standard InChI is InChI=1S/C14H11BrCl2FNO/c15-9-5-11(16)14(12(17)6-9)19-7-13(20)8-1-3-10(18)4-2-8/h1-6,13,19-20H,7H2. The second-order valence-corrected chi connectivity index (χ2v) is 5.92. The quantitative estimate of drug-likeness (QED) is 0.780. The largest absolute Gasteiger partial charge is 0.387 e. The Bertz CT molecular complexity index is 584. The lowest BCUT2D eigenvalue weighted by Crippen LogP contribution is -2.12. The first-order valence-corrected chi connectivity index (χ1v) is 7.34. The summed E-state index contributed by atoms with van der Waals surface area (Å²) in [6.45, 7) is 0.215. The molecule has 2 aromatic rings. The number of benzene rings is 2. The second kappa shape index (κ2) is 6.76. The zero-order valence-electron chi connectivity index (χ0n) is 10.2. The van der Waals surface area contributed by atoms with Gasteiger partial charge >= 0.3 is 0 Å². The molecule has 0 saturated heterocycles. The van der Waals surface area contributed by atoms with Crippen molar-refractivity contribution in [2.75, 3.05) is 11.9 Å². The number of halogens is 4. The van der Waals surface area contributed by atoms with Gasteiger partial charge < -0.3 is 10.4 Å². The summed E-state index contributed by atoms with van der Waals surface area (Å²) in [6, 6.07) is 9.09. The van der Waals surface area contributed by atoms with E-state index in [-0.39, 0.29) is 12.4 Å². The number of rotatable bonds is 4. The predicted molar refractivity (Wildman–Crippen MR) is 84.0 cm³/mol. The lowest BCUT2D eigenvalue weighted by Gasteiger charge is -2.15. The van der Waals surface area contributed by atoms with Crippen molar-refractivity contribution in [3.05, 3.63) is 62.3 Å². The minimum Gasteiger partial charge on any atom is -0.387 e. The summed E-state index contributed by atoms with van der Waals surface area (Å²) in [5.74, 6) is -0.340. The fourth-order valence-corrected chi connectivity index (χ4v) is 3.05. The van der Waals surface area contributed by atoms with Crippen molar-refractivity contribution in [2.45, 2.75) is 6.10 Å². The fourth-order valence-electron chi connectivity index (χ4n) is 1.71. The normalized spacial score (nSPS) is 12.2. The van der Waals surface area contributed by atoms with Crippen molar-refractivity contribution in [3.8, 4) is 0 Å². The van der Waals surface area contributed by atoms with Crippen LogP contribution >= 0.6 is 39.1 Å². The van der Waals surface area contributed by atoms with E-state index in [9.17, 15) is 9.50 Å². The van der Waals surface area contributed by atoms with Crippen LogP contribution in [0.15, 0.2) is 40.9 Å². The van der Waals surface area contributed by atoms with Crippen LogP contribution in [0.4, 0.5) is 10.1 Å². The molecule has 0 saturated carbocycles. The van der Waals surface area contributed by atoms with Crippen LogP contribution in [0.5, 0.6) is 0 Å². The lowest BCUT2D eigenvalue weighted by molar-refractivity contribution is 0.191. The van der Waals surface area contributed by atoms with Crippen molar-refractivity contribution < 1.29 is 9.50 Å². The third kappa shape index (κ3) is 3.85. The minimum atomic E-state index is -0.786. The maximum absolute atomic E-state index is 12.8. The van der Waals surface area contributed by atoms with Crippen LogP contribution in [-0.2, 0) is 0 Å². The molecule has 2 nitrogen and oxygen atoms in total. The van der Waals surface area contributed by atoms with E-state index in [4.69, 9.17) is 23.2 Å². The summed E-state index contributed by atoms with van der Waals surface area (Å²) in [4.78, 5) is 0. The van der Waals surface area contributed by atoms with E-state index in [1.54, 1.807) is 12.1 Å². The van der Waals surface area contributed by atoms with Gasteiger partial charge in [0.2, 0.25) is 0 Å². The monoisotopic (exact) mass is 377 g/mol. The molecule has 0 amide bonds. The van der Waals surface area contributed by atoms with E-state index < -0.39 is 6.10 Å². The van der Waals surface area contributed by atoms with Gasteiger partial charge in [0.15, 0.2) is 0 Å². The molecule has 0 heterocycles. The number of anilines is 1. The Morgan fingerprint density at radius 3 is 2.25 bits per heavy atom. The van der Waals surface area contributed by atoms with Crippen LogP contribution in [0.2, 0.25) is 10.0 Å². The summed E-state index contributed by atoms with van der Waals surface area (Å²) in [7, 11) is 0. The van der Waals surface area contributed by atoms with Gasteiger partial charge in [-0.3, -0.25) is 0 Å². The van der Waals surface area contributed by atoms with Crippen LogP contribution < -0.4 is 5.32 Å². The first kappa shape index (κ1) is 15.6. The molecule has 1 atom stereocenters. The first-order valence-electron chi connectivity index (χ1n) is 5.79. The van der Waals surface area contributed by atoms with Crippen LogP contribution in [-0.4, -0.2) is 11.7 Å². The van der Waals surface area contributed by atoms with Gasteiger partial charge in [0, 0.05) is 11.0 Å². The molecule has 0 radical (unpaired) electrons. The van der Waals surface area contributed by atoms with Gasteiger partial charge in [0.25, 0.3) is 0 Å². The van der Waals surface area contributed by atoms with E-state index in [0.717, 1.165) is 4.47 Å². The summed E-state index contributed by atoms with van der Waals surface area (Å²) < 4.78 is 13.6. The first-order chi connectivity index (χ1) is 9.47. The van der Waals surface area contributed by atoms with Gasteiger partial charge in [0.1, 0.15) is 5.82 Å². The molecule has 0 spiro atoms. The average molecular weight is 379 g/mol. The smallest absolute Gasteiger partial charge is 0.123 e. The maximum atomic E-state index is 12.8. The molecule has 0 aromatic heterocycles. The fraction of sp³-hybridized carbons (Fsp3) is 0.143. The molecule has 0 aliphatic rings. The summed E-state index contributed by atoms with van der Waals surface area (Å²) in [5.41, 5.74) is 1.17. The highest BCUT2D eigenvalue weighted by Gasteiger charge is 2.11. The number of aliphatic hydroxyl groups excluding tert-OH is 1. The molecule has 2 N–H and O–H groups in total. The highest BCUT2D eigenvalue weighted by Crippen LogP contribution is 2.34. The molecular weight excluding hydrogens is 368 g/mol. The van der Waals surface area contributed by atoms with Gasteiger partial charge in [-0.15, -0.1) is 0 Å². The molecule has 2 aromatic carbocycles. The predicted octanol–water partition coefficient (Wildman–Crippen LogP) is 5.04. The Balaban J connectivity index is 2.07. The molecule has 0 aliphatic carbocycles. The van der Waals surface area contributed by atoms with Gasteiger partial charge in [0.05, 0.1) is 21.8 Å². The van der Waals surface area contributed by atoms with Gasteiger partial charge in [-0.25, -0.2) is 4.39 Å². The topological polar surface area (TPSA) is 32.3 Å². The van der Waals surface area contributed by atoms with Crippen molar-refractivity contribution in [1.29, 1.82) is 0 Å². The number of hydrogen-bond acceptors (Lipinski definition) is 2. The molecule has 0 fully saturated rings. The molecule has 0 aliphatic heterocycles. The van der Waals surface area contributed by atoms with Crippen LogP contribution in [0.1, 0.15) is 11.7 Å². The third-order valence-electron chi connectivity index (χ3n) is 2.73. The molecule has 20 heavy (non-hydrogen) atoms. The molecule has 0 bridgehead atoms. The van der Waals surface area contributed by atoms with E-state index in [1.807, 2.05) is 0 Å². The molecular formula is C14H11BrCl2FNO.